The van der Waals surface area contributed by atoms with Crippen LogP contribution in [0.5, 0.6) is 5.75 Å². The molecule has 0 aliphatic carbocycles. The number of hydrogen-bond donors (Lipinski definition) is 2. The lowest BCUT2D eigenvalue weighted by Gasteiger charge is -2.22. The molecule has 1 aromatic heterocycles. The molecule has 2 N–H and O–H groups in total. The number of halogens is 2. The molecular formula is C24H27Cl2N5O3S. The van der Waals surface area contributed by atoms with E-state index in [2.05, 4.69) is 20.8 Å². The molecule has 3 rings (SSSR count). The van der Waals surface area contributed by atoms with Crippen molar-refractivity contribution >= 4 is 52.5 Å². The number of anilines is 1. The van der Waals surface area contributed by atoms with Gasteiger partial charge in [0, 0.05) is 17.1 Å². The minimum Gasteiger partial charge on any atom is -0.497 e. The molecule has 0 fully saturated rings. The summed E-state index contributed by atoms with van der Waals surface area (Å²) >= 11 is 13.4. The van der Waals surface area contributed by atoms with E-state index < -0.39 is 0 Å². The number of nitrogens with zero attached hydrogens (tertiary/aromatic N) is 3. The number of carbonyl (C=O) groups excluding carboxylic acids is 2. The summed E-state index contributed by atoms with van der Waals surface area (Å²) in [7, 11) is 1.58. The Hall–Kier alpha value is -2.75. The fourth-order valence-electron chi connectivity index (χ4n) is 3.34. The summed E-state index contributed by atoms with van der Waals surface area (Å²) in [6.45, 7) is 6.55. The van der Waals surface area contributed by atoms with Crippen molar-refractivity contribution in [2.24, 2.45) is 5.92 Å². The number of nitrogens with one attached hydrogen (secondary N) is 2. The second kappa shape index (κ2) is 12.3. The summed E-state index contributed by atoms with van der Waals surface area (Å²) in [5.41, 5.74) is 0.966. The average Bonchev–Trinajstić information content (AvgIpc) is 3.25. The van der Waals surface area contributed by atoms with Crippen molar-refractivity contribution in [3.05, 3.63) is 63.9 Å². The molecule has 35 heavy (non-hydrogen) atoms. The van der Waals surface area contributed by atoms with Crippen LogP contribution in [0.25, 0.3) is 0 Å². The zero-order chi connectivity index (χ0) is 25.5. The molecule has 0 radical (unpaired) electrons. The van der Waals surface area contributed by atoms with Gasteiger partial charge in [-0.15, -0.1) is 10.2 Å². The van der Waals surface area contributed by atoms with Crippen LogP contribution in [-0.2, 0) is 11.3 Å². The van der Waals surface area contributed by atoms with E-state index in [0.717, 1.165) is 0 Å². The molecule has 0 saturated carbocycles. The molecule has 0 saturated heterocycles. The van der Waals surface area contributed by atoms with Crippen molar-refractivity contribution in [3.8, 4) is 5.75 Å². The first-order valence-corrected chi connectivity index (χ1v) is 12.7. The Morgan fingerprint density at radius 2 is 1.83 bits per heavy atom. The summed E-state index contributed by atoms with van der Waals surface area (Å²) in [6, 6.07) is 11.4. The van der Waals surface area contributed by atoms with Gasteiger partial charge in [0.25, 0.3) is 5.91 Å². The first-order valence-electron chi connectivity index (χ1n) is 11.0. The Morgan fingerprint density at radius 3 is 2.46 bits per heavy atom. The summed E-state index contributed by atoms with van der Waals surface area (Å²) < 4.78 is 7.06. The average molecular weight is 536 g/mol. The molecule has 11 heteroatoms. The third-order valence-corrected chi connectivity index (χ3v) is 6.71. The maximum absolute atomic E-state index is 12.9. The van der Waals surface area contributed by atoms with Crippen LogP contribution < -0.4 is 15.4 Å². The van der Waals surface area contributed by atoms with Crippen LogP contribution >= 0.6 is 35.0 Å². The molecule has 0 spiro atoms. The smallest absolute Gasteiger partial charge is 0.251 e. The van der Waals surface area contributed by atoms with Gasteiger partial charge in [0.1, 0.15) is 5.75 Å². The van der Waals surface area contributed by atoms with Gasteiger partial charge < -0.3 is 19.9 Å². The molecule has 0 aliphatic rings. The molecule has 1 atom stereocenters. The SMILES string of the molecule is CCn1c(SCC(=O)Nc2cc(Cl)ccc2Cl)nnc1[C@H](NC(=O)c1ccc(OC)cc1)C(C)C. The highest BCUT2D eigenvalue weighted by molar-refractivity contribution is 7.99. The largest absolute Gasteiger partial charge is 0.497 e. The van der Waals surface area contributed by atoms with Crippen molar-refractivity contribution < 1.29 is 14.3 Å². The number of methoxy groups -OCH3 is 1. The summed E-state index contributed by atoms with van der Waals surface area (Å²) in [5, 5.41) is 15.9. The summed E-state index contributed by atoms with van der Waals surface area (Å²) in [4.78, 5) is 25.4. The Balaban J connectivity index is 1.71. The summed E-state index contributed by atoms with van der Waals surface area (Å²) in [6.07, 6.45) is 0. The van der Waals surface area contributed by atoms with Crippen LogP contribution in [0, 0.1) is 5.92 Å². The fourth-order valence-corrected chi connectivity index (χ4v) is 4.49. The van der Waals surface area contributed by atoms with Gasteiger partial charge in [-0.25, -0.2) is 0 Å². The predicted molar refractivity (Wildman–Crippen MR) is 140 cm³/mol. The first kappa shape index (κ1) is 26.8. The lowest BCUT2D eigenvalue weighted by atomic mass is 10.0. The lowest BCUT2D eigenvalue weighted by molar-refractivity contribution is -0.113. The predicted octanol–water partition coefficient (Wildman–Crippen LogP) is 5.47. The van der Waals surface area contributed by atoms with Crippen molar-refractivity contribution in [2.45, 2.75) is 38.5 Å². The normalized spacial score (nSPS) is 11.9. The van der Waals surface area contributed by atoms with Crippen LogP contribution in [0.1, 0.15) is 43.0 Å². The Kier molecular flexibility index (Phi) is 9.42. The van der Waals surface area contributed by atoms with Crippen LogP contribution in [-0.4, -0.2) is 39.4 Å². The standard InChI is InChI=1S/C24H27Cl2N5O3S/c1-5-31-22(21(14(2)3)28-23(33)15-6-9-17(34-4)10-7-15)29-30-24(31)35-13-20(32)27-19-12-16(25)8-11-18(19)26/h6-12,14,21H,5,13H2,1-4H3,(H,27,32)(H,28,33)/t21-/m1/s1. The highest BCUT2D eigenvalue weighted by atomic mass is 35.5. The maximum atomic E-state index is 12.9. The van der Waals surface area contributed by atoms with E-state index in [4.69, 9.17) is 27.9 Å². The van der Waals surface area contributed by atoms with Gasteiger partial charge in [0.2, 0.25) is 5.91 Å². The number of amides is 2. The van der Waals surface area contributed by atoms with E-state index in [-0.39, 0.29) is 29.5 Å². The Labute approximate surface area is 218 Å². The van der Waals surface area contributed by atoms with Gasteiger partial charge in [-0.2, -0.15) is 0 Å². The zero-order valence-electron chi connectivity index (χ0n) is 19.8. The molecule has 186 valence electrons. The van der Waals surface area contributed by atoms with Crippen LogP contribution in [0.15, 0.2) is 47.6 Å². The van der Waals surface area contributed by atoms with Crippen LogP contribution in [0.3, 0.4) is 0 Å². The van der Waals surface area contributed by atoms with E-state index in [1.165, 1.54) is 11.8 Å². The van der Waals surface area contributed by atoms with Gasteiger partial charge >= 0.3 is 0 Å². The van der Waals surface area contributed by atoms with Gasteiger partial charge in [-0.05, 0) is 55.3 Å². The number of rotatable bonds is 10. The topological polar surface area (TPSA) is 98.1 Å². The number of benzene rings is 2. The molecule has 3 aromatic rings. The first-order chi connectivity index (χ1) is 16.7. The highest BCUT2D eigenvalue weighted by Gasteiger charge is 2.26. The highest BCUT2D eigenvalue weighted by Crippen LogP contribution is 2.28. The number of ether oxygens (including phenoxy) is 1. The summed E-state index contributed by atoms with van der Waals surface area (Å²) in [5.74, 6) is 0.994. The molecule has 0 aliphatic heterocycles. The quantitative estimate of drug-likeness (QED) is 0.334. The Morgan fingerprint density at radius 1 is 1.11 bits per heavy atom. The van der Waals surface area contributed by atoms with Gasteiger partial charge in [-0.3, -0.25) is 9.59 Å². The number of aromatic nitrogens is 3. The Bertz CT molecular complexity index is 1180. The van der Waals surface area contributed by atoms with E-state index in [0.29, 0.717) is 44.6 Å². The van der Waals surface area contributed by atoms with Crippen molar-refractivity contribution in [2.75, 3.05) is 18.2 Å². The monoisotopic (exact) mass is 535 g/mol. The molecule has 0 bridgehead atoms. The van der Waals surface area contributed by atoms with Crippen LogP contribution in [0.4, 0.5) is 5.69 Å². The van der Waals surface area contributed by atoms with E-state index in [1.54, 1.807) is 49.6 Å². The molecule has 0 unspecified atom stereocenters. The van der Waals surface area contributed by atoms with Gasteiger partial charge in [0.15, 0.2) is 11.0 Å². The van der Waals surface area contributed by atoms with Crippen molar-refractivity contribution in [1.29, 1.82) is 0 Å². The van der Waals surface area contributed by atoms with Crippen molar-refractivity contribution in [3.63, 3.8) is 0 Å². The fraction of sp³-hybridized carbons (Fsp3) is 0.333. The molecule has 1 heterocycles. The number of thioether (sulfide) groups is 1. The molecular weight excluding hydrogens is 509 g/mol. The van der Waals surface area contributed by atoms with E-state index in [1.807, 2.05) is 25.3 Å². The van der Waals surface area contributed by atoms with Gasteiger partial charge in [-0.1, -0.05) is 48.8 Å². The third kappa shape index (κ3) is 6.90. The third-order valence-electron chi connectivity index (χ3n) is 5.18. The van der Waals surface area contributed by atoms with Gasteiger partial charge in [0.05, 0.1) is 29.6 Å². The molecule has 2 amide bonds. The molecule has 8 nitrogen and oxygen atoms in total. The van der Waals surface area contributed by atoms with E-state index in [9.17, 15) is 9.59 Å². The minimum atomic E-state index is -0.370. The minimum absolute atomic E-state index is 0.0535. The maximum Gasteiger partial charge on any atom is 0.251 e. The molecule has 2 aromatic carbocycles. The number of carbonyl (C=O) groups is 2. The number of hydrogen-bond acceptors (Lipinski definition) is 6. The second-order valence-electron chi connectivity index (χ2n) is 7.97. The lowest BCUT2D eigenvalue weighted by Crippen LogP contribution is -2.33. The van der Waals surface area contributed by atoms with Crippen LogP contribution in [0.2, 0.25) is 10.0 Å². The van der Waals surface area contributed by atoms with Crippen molar-refractivity contribution in [1.82, 2.24) is 20.1 Å². The zero-order valence-corrected chi connectivity index (χ0v) is 22.2. The van der Waals surface area contributed by atoms with E-state index >= 15 is 0 Å². The second-order valence-corrected chi connectivity index (χ2v) is 9.76.